The number of rotatable bonds is 7. The van der Waals surface area contributed by atoms with Crippen LogP contribution in [0.15, 0.2) is 42.6 Å². The fraction of sp³-hybridized carbons (Fsp3) is 0.316. The van der Waals surface area contributed by atoms with Crippen LogP contribution in [0, 0.1) is 5.92 Å². The number of nitrogens with one attached hydrogen (secondary N) is 2. The molecule has 2 N–H and O–H groups in total. The van der Waals surface area contributed by atoms with Gasteiger partial charge < -0.3 is 15.4 Å². The van der Waals surface area contributed by atoms with E-state index in [9.17, 15) is 9.59 Å². The summed E-state index contributed by atoms with van der Waals surface area (Å²) in [5.74, 6) is 0.250. The van der Waals surface area contributed by atoms with E-state index < -0.39 is 0 Å². The van der Waals surface area contributed by atoms with Crippen molar-refractivity contribution in [1.29, 1.82) is 0 Å². The highest BCUT2D eigenvalue weighted by atomic mass is 16.5. The summed E-state index contributed by atoms with van der Waals surface area (Å²) in [5.41, 5.74) is 1.51. The summed E-state index contributed by atoms with van der Waals surface area (Å²) in [6, 6.07) is 10.1. The van der Waals surface area contributed by atoms with Crippen LogP contribution in [0.5, 0.6) is 5.88 Å². The van der Waals surface area contributed by atoms with Crippen LogP contribution in [0.4, 0.5) is 5.69 Å². The molecule has 1 aromatic carbocycles. The summed E-state index contributed by atoms with van der Waals surface area (Å²) in [5, 5.41) is 5.64. The highest BCUT2D eigenvalue weighted by Gasteiger charge is 2.14. The number of pyridine rings is 1. The topological polar surface area (TPSA) is 80.3 Å². The van der Waals surface area contributed by atoms with E-state index in [0.29, 0.717) is 41.8 Å². The molecule has 25 heavy (non-hydrogen) atoms. The number of ether oxygens (including phenoxy) is 1. The van der Waals surface area contributed by atoms with Crippen molar-refractivity contribution in [3.05, 3.63) is 53.7 Å². The summed E-state index contributed by atoms with van der Waals surface area (Å²) in [6.07, 6.45) is 1.58. The summed E-state index contributed by atoms with van der Waals surface area (Å²) in [7, 11) is 0. The van der Waals surface area contributed by atoms with Gasteiger partial charge in [-0.3, -0.25) is 9.59 Å². The normalized spacial score (nSPS) is 10.4. The van der Waals surface area contributed by atoms with E-state index in [1.165, 1.54) is 0 Å². The number of benzene rings is 1. The maximum Gasteiger partial charge on any atom is 0.261 e. The molecule has 0 aliphatic rings. The third-order valence-electron chi connectivity index (χ3n) is 3.37. The first-order chi connectivity index (χ1) is 12.0. The molecule has 1 aromatic heterocycles. The highest BCUT2D eigenvalue weighted by molar-refractivity contribution is 6.06. The van der Waals surface area contributed by atoms with Gasteiger partial charge >= 0.3 is 0 Å². The smallest absolute Gasteiger partial charge is 0.261 e. The molecule has 0 radical (unpaired) electrons. The van der Waals surface area contributed by atoms with Crippen molar-refractivity contribution in [3.8, 4) is 5.88 Å². The Hall–Kier alpha value is -2.89. The van der Waals surface area contributed by atoms with Gasteiger partial charge in [0.2, 0.25) is 5.88 Å². The molecule has 1 heterocycles. The molecule has 0 saturated heterocycles. The van der Waals surface area contributed by atoms with Crippen LogP contribution in [0.2, 0.25) is 0 Å². The van der Waals surface area contributed by atoms with Crippen molar-refractivity contribution < 1.29 is 14.3 Å². The summed E-state index contributed by atoms with van der Waals surface area (Å²) in [6.45, 7) is 6.96. The summed E-state index contributed by atoms with van der Waals surface area (Å²) >= 11 is 0. The molecule has 2 rings (SSSR count). The molecule has 0 aliphatic carbocycles. The molecular formula is C19H23N3O3. The van der Waals surface area contributed by atoms with Crippen LogP contribution in [-0.2, 0) is 0 Å². The van der Waals surface area contributed by atoms with Gasteiger partial charge in [0.05, 0.1) is 6.61 Å². The Balaban J connectivity index is 2.04. The quantitative estimate of drug-likeness (QED) is 0.811. The van der Waals surface area contributed by atoms with Crippen molar-refractivity contribution in [2.45, 2.75) is 20.8 Å². The van der Waals surface area contributed by atoms with Gasteiger partial charge in [0, 0.05) is 24.0 Å². The Morgan fingerprint density at radius 1 is 1.12 bits per heavy atom. The van der Waals surface area contributed by atoms with Crippen LogP contribution >= 0.6 is 0 Å². The first-order valence-corrected chi connectivity index (χ1v) is 8.28. The minimum Gasteiger partial charge on any atom is -0.477 e. The predicted octanol–water partition coefficient (Wildman–Crippen LogP) is 3.12. The average Bonchev–Trinajstić information content (AvgIpc) is 2.61. The zero-order chi connectivity index (χ0) is 18.2. The average molecular weight is 341 g/mol. The second-order valence-electron chi connectivity index (χ2n) is 5.92. The molecule has 0 spiro atoms. The van der Waals surface area contributed by atoms with E-state index in [1.54, 1.807) is 42.6 Å². The minimum absolute atomic E-state index is 0.127. The fourth-order valence-electron chi connectivity index (χ4n) is 2.12. The standard InChI is InChI=1S/C19H23N3O3/c1-4-25-19-16(6-5-11-20-19)18(24)22-15-9-7-14(8-10-15)17(23)21-12-13(2)3/h5-11,13H,4,12H2,1-3H3,(H,21,23)(H,22,24). The molecule has 0 aliphatic heterocycles. The van der Waals surface area contributed by atoms with E-state index >= 15 is 0 Å². The lowest BCUT2D eigenvalue weighted by atomic mass is 10.1. The number of nitrogens with zero attached hydrogens (tertiary/aromatic N) is 1. The maximum absolute atomic E-state index is 12.4. The Kier molecular flexibility index (Phi) is 6.51. The van der Waals surface area contributed by atoms with Crippen LogP contribution < -0.4 is 15.4 Å². The summed E-state index contributed by atoms with van der Waals surface area (Å²) in [4.78, 5) is 28.5. The largest absolute Gasteiger partial charge is 0.477 e. The molecule has 6 nitrogen and oxygen atoms in total. The van der Waals surface area contributed by atoms with Gasteiger partial charge in [0.1, 0.15) is 5.56 Å². The van der Waals surface area contributed by atoms with Crippen LogP contribution in [0.1, 0.15) is 41.5 Å². The van der Waals surface area contributed by atoms with Gasteiger partial charge in [-0.05, 0) is 49.2 Å². The lowest BCUT2D eigenvalue weighted by molar-refractivity contribution is 0.0948. The van der Waals surface area contributed by atoms with E-state index in [4.69, 9.17) is 4.74 Å². The van der Waals surface area contributed by atoms with E-state index in [-0.39, 0.29) is 11.8 Å². The van der Waals surface area contributed by atoms with Crippen LogP contribution in [-0.4, -0.2) is 29.9 Å². The second-order valence-corrected chi connectivity index (χ2v) is 5.92. The molecule has 0 bridgehead atoms. The van der Waals surface area contributed by atoms with Gasteiger partial charge in [-0.15, -0.1) is 0 Å². The molecule has 6 heteroatoms. The van der Waals surface area contributed by atoms with Gasteiger partial charge in [-0.1, -0.05) is 13.8 Å². The second kappa shape index (κ2) is 8.82. The molecule has 0 saturated carbocycles. The molecule has 2 amide bonds. The van der Waals surface area contributed by atoms with Gasteiger partial charge in [-0.2, -0.15) is 0 Å². The number of carbonyl (C=O) groups is 2. The van der Waals surface area contributed by atoms with Crippen molar-refractivity contribution in [2.75, 3.05) is 18.5 Å². The number of hydrogen-bond donors (Lipinski definition) is 2. The van der Waals surface area contributed by atoms with E-state index in [2.05, 4.69) is 15.6 Å². The van der Waals surface area contributed by atoms with Crippen LogP contribution in [0.3, 0.4) is 0 Å². The lowest BCUT2D eigenvalue weighted by Crippen LogP contribution is -2.27. The SMILES string of the molecule is CCOc1ncccc1C(=O)Nc1ccc(C(=O)NCC(C)C)cc1. The first-order valence-electron chi connectivity index (χ1n) is 8.28. The zero-order valence-electron chi connectivity index (χ0n) is 14.7. The molecule has 0 unspecified atom stereocenters. The van der Waals surface area contributed by atoms with Gasteiger partial charge in [0.15, 0.2) is 0 Å². The van der Waals surface area contributed by atoms with Crippen molar-refractivity contribution in [2.24, 2.45) is 5.92 Å². The number of aromatic nitrogens is 1. The maximum atomic E-state index is 12.4. The van der Waals surface area contributed by atoms with E-state index in [1.807, 2.05) is 20.8 Å². The van der Waals surface area contributed by atoms with Crippen molar-refractivity contribution in [3.63, 3.8) is 0 Å². The zero-order valence-corrected chi connectivity index (χ0v) is 14.7. The molecule has 0 atom stereocenters. The summed E-state index contributed by atoms with van der Waals surface area (Å²) < 4.78 is 5.37. The fourth-order valence-corrected chi connectivity index (χ4v) is 2.12. The number of carbonyl (C=O) groups excluding carboxylic acids is 2. The van der Waals surface area contributed by atoms with Gasteiger partial charge in [0.25, 0.3) is 11.8 Å². The molecule has 132 valence electrons. The van der Waals surface area contributed by atoms with Crippen LogP contribution in [0.25, 0.3) is 0 Å². The van der Waals surface area contributed by atoms with Crippen molar-refractivity contribution >= 4 is 17.5 Å². The predicted molar refractivity (Wildman–Crippen MR) is 97.0 cm³/mol. The molecular weight excluding hydrogens is 318 g/mol. The third-order valence-corrected chi connectivity index (χ3v) is 3.37. The first kappa shape index (κ1) is 18.4. The van der Waals surface area contributed by atoms with E-state index in [0.717, 1.165) is 0 Å². The number of hydrogen-bond acceptors (Lipinski definition) is 4. The monoisotopic (exact) mass is 341 g/mol. The van der Waals surface area contributed by atoms with Gasteiger partial charge in [-0.25, -0.2) is 4.98 Å². The Bertz CT molecular complexity index is 727. The Morgan fingerprint density at radius 3 is 2.48 bits per heavy atom. The third kappa shape index (κ3) is 5.31. The molecule has 0 fully saturated rings. The Morgan fingerprint density at radius 2 is 1.84 bits per heavy atom. The Labute approximate surface area is 147 Å². The highest BCUT2D eigenvalue weighted by Crippen LogP contribution is 2.17. The number of anilines is 1. The number of amides is 2. The lowest BCUT2D eigenvalue weighted by Gasteiger charge is -2.10. The molecule has 2 aromatic rings. The minimum atomic E-state index is -0.312. The van der Waals surface area contributed by atoms with Crippen molar-refractivity contribution in [1.82, 2.24) is 10.3 Å².